The van der Waals surface area contributed by atoms with E-state index in [-0.39, 0.29) is 11.8 Å². The molecule has 0 saturated heterocycles. The first-order valence-electron chi connectivity index (χ1n) is 8.80. The highest BCUT2D eigenvalue weighted by atomic mass is 16.5. The molecule has 2 amide bonds. The molecule has 1 aromatic carbocycles. The summed E-state index contributed by atoms with van der Waals surface area (Å²) in [6, 6.07) is 9.50. The van der Waals surface area contributed by atoms with Crippen LogP contribution in [0.1, 0.15) is 30.4 Å². The van der Waals surface area contributed by atoms with Crippen LogP contribution in [0.4, 0.5) is 5.69 Å². The number of amides is 2. The molecule has 136 valence electrons. The number of aryl methyl sites for hydroxylation is 1. The summed E-state index contributed by atoms with van der Waals surface area (Å²) in [4.78, 5) is 29.3. The number of anilines is 1. The number of pyridine rings is 1. The molecule has 0 aliphatic carbocycles. The predicted octanol–water partition coefficient (Wildman–Crippen LogP) is 2.78. The van der Waals surface area contributed by atoms with Crippen LogP contribution in [0, 0.1) is 0 Å². The monoisotopic (exact) mass is 353 g/mol. The van der Waals surface area contributed by atoms with Crippen molar-refractivity contribution in [2.75, 3.05) is 19.0 Å². The summed E-state index contributed by atoms with van der Waals surface area (Å²) in [5.41, 5.74) is 2.97. The van der Waals surface area contributed by atoms with Crippen LogP contribution in [0.15, 0.2) is 42.7 Å². The van der Waals surface area contributed by atoms with Crippen LogP contribution in [0.3, 0.4) is 0 Å². The summed E-state index contributed by atoms with van der Waals surface area (Å²) >= 11 is 0. The number of fused-ring (bicyclic) bond motifs is 1. The Morgan fingerprint density at radius 3 is 3.00 bits per heavy atom. The van der Waals surface area contributed by atoms with Crippen LogP contribution >= 0.6 is 0 Å². The van der Waals surface area contributed by atoms with E-state index in [1.54, 1.807) is 24.3 Å². The number of benzene rings is 1. The fourth-order valence-corrected chi connectivity index (χ4v) is 2.91. The number of hydrogen-bond donors (Lipinski definition) is 1. The van der Waals surface area contributed by atoms with Gasteiger partial charge in [-0.25, -0.2) is 0 Å². The number of ether oxygens (including phenoxy) is 1. The summed E-state index contributed by atoms with van der Waals surface area (Å²) in [6.07, 6.45) is 5.83. The van der Waals surface area contributed by atoms with Crippen molar-refractivity contribution in [1.29, 1.82) is 0 Å². The molecule has 0 fully saturated rings. The van der Waals surface area contributed by atoms with Gasteiger partial charge in [0, 0.05) is 44.5 Å². The normalized spacial score (nSPS) is 12.9. The van der Waals surface area contributed by atoms with Gasteiger partial charge in [-0.15, -0.1) is 0 Å². The van der Waals surface area contributed by atoms with E-state index in [4.69, 9.17) is 4.74 Å². The highest BCUT2D eigenvalue weighted by Crippen LogP contribution is 2.26. The van der Waals surface area contributed by atoms with Crippen LogP contribution in [0.2, 0.25) is 0 Å². The second kappa shape index (κ2) is 8.47. The molecule has 2 aromatic rings. The summed E-state index contributed by atoms with van der Waals surface area (Å²) in [6.45, 7) is 1.04. The number of hydrogen-bond acceptors (Lipinski definition) is 4. The van der Waals surface area contributed by atoms with E-state index in [1.807, 2.05) is 30.3 Å². The smallest absolute Gasteiger partial charge is 0.224 e. The maximum Gasteiger partial charge on any atom is 0.224 e. The van der Waals surface area contributed by atoms with Crippen molar-refractivity contribution in [3.8, 4) is 5.75 Å². The highest BCUT2D eigenvalue weighted by Gasteiger charge is 2.15. The number of carbonyl (C=O) groups is 2. The van der Waals surface area contributed by atoms with Crippen LogP contribution in [0.25, 0.3) is 0 Å². The van der Waals surface area contributed by atoms with Crippen LogP contribution < -0.4 is 10.1 Å². The van der Waals surface area contributed by atoms with E-state index < -0.39 is 0 Å². The van der Waals surface area contributed by atoms with Crippen molar-refractivity contribution in [3.63, 3.8) is 0 Å². The average Bonchev–Trinajstić information content (AvgIpc) is 2.65. The largest absolute Gasteiger partial charge is 0.494 e. The quantitative estimate of drug-likeness (QED) is 0.777. The van der Waals surface area contributed by atoms with Crippen molar-refractivity contribution in [2.24, 2.45) is 0 Å². The number of nitrogens with one attached hydrogen (secondary N) is 1. The lowest BCUT2D eigenvalue weighted by molar-refractivity contribution is -0.130. The van der Waals surface area contributed by atoms with Gasteiger partial charge in [0.2, 0.25) is 11.8 Å². The summed E-state index contributed by atoms with van der Waals surface area (Å²) < 4.78 is 5.75. The van der Waals surface area contributed by atoms with Crippen molar-refractivity contribution in [2.45, 2.75) is 32.2 Å². The predicted molar refractivity (Wildman–Crippen MR) is 98.8 cm³/mol. The molecule has 26 heavy (non-hydrogen) atoms. The molecule has 1 aromatic heterocycles. The van der Waals surface area contributed by atoms with E-state index in [0.29, 0.717) is 32.4 Å². The summed E-state index contributed by atoms with van der Waals surface area (Å²) in [7, 11) is 1.80. The summed E-state index contributed by atoms with van der Waals surface area (Å²) in [5.74, 6) is 0.918. The highest BCUT2D eigenvalue weighted by molar-refractivity contribution is 5.94. The molecule has 1 N–H and O–H groups in total. The Kier molecular flexibility index (Phi) is 5.84. The third-order valence-electron chi connectivity index (χ3n) is 4.34. The third-order valence-corrected chi connectivity index (χ3v) is 4.34. The molecule has 0 atom stereocenters. The molecule has 2 heterocycles. The van der Waals surface area contributed by atoms with Gasteiger partial charge >= 0.3 is 0 Å². The number of carbonyl (C=O) groups excluding carboxylic acids is 2. The zero-order valence-electron chi connectivity index (χ0n) is 14.9. The molecule has 3 rings (SSSR count). The topological polar surface area (TPSA) is 71.5 Å². The molecular weight excluding hydrogens is 330 g/mol. The van der Waals surface area contributed by atoms with Gasteiger partial charge in [0.25, 0.3) is 0 Å². The molecule has 0 bridgehead atoms. The Balaban J connectivity index is 1.41. The lowest BCUT2D eigenvalue weighted by Gasteiger charge is -2.18. The molecule has 0 saturated carbocycles. The Morgan fingerprint density at radius 2 is 2.19 bits per heavy atom. The third kappa shape index (κ3) is 4.81. The Bertz CT molecular complexity index is 777. The molecule has 0 spiro atoms. The SMILES string of the molecule is CN(Cc1cccnc1)C(=O)CCCOc1ccc2c(c1)CCC(=O)N2. The molecule has 0 unspecified atom stereocenters. The van der Waals surface area contributed by atoms with Crippen molar-refractivity contribution < 1.29 is 14.3 Å². The molecule has 1 aliphatic rings. The van der Waals surface area contributed by atoms with E-state index >= 15 is 0 Å². The van der Waals surface area contributed by atoms with Gasteiger partial charge in [0.1, 0.15) is 5.75 Å². The van der Waals surface area contributed by atoms with Gasteiger partial charge in [-0.3, -0.25) is 14.6 Å². The van der Waals surface area contributed by atoms with Gasteiger partial charge in [-0.05, 0) is 48.2 Å². The molecule has 0 radical (unpaired) electrons. The first-order valence-corrected chi connectivity index (χ1v) is 8.80. The zero-order chi connectivity index (χ0) is 18.4. The molecule has 1 aliphatic heterocycles. The minimum atomic E-state index is 0.0556. The van der Waals surface area contributed by atoms with Crippen molar-refractivity contribution in [3.05, 3.63) is 53.9 Å². The fourth-order valence-electron chi connectivity index (χ4n) is 2.91. The summed E-state index contributed by atoms with van der Waals surface area (Å²) in [5, 5.41) is 2.85. The van der Waals surface area contributed by atoms with E-state index in [2.05, 4.69) is 10.3 Å². The van der Waals surface area contributed by atoms with Gasteiger partial charge < -0.3 is 15.0 Å². The Morgan fingerprint density at radius 1 is 1.31 bits per heavy atom. The van der Waals surface area contributed by atoms with E-state index in [1.165, 1.54) is 0 Å². The van der Waals surface area contributed by atoms with Gasteiger partial charge in [0.05, 0.1) is 6.61 Å². The standard InChI is InChI=1S/C20H23N3O3/c1-23(14-15-4-2-10-21-13-15)20(25)5-3-11-26-17-7-8-18-16(12-17)6-9-19(24)22-18/h2,4,7-8,10,12-13H,3,5-6,9,11,14H2,1H3,(H,22,24). The second-order valence-corrected chi connectivity index (χ2v) is 6.43. The molecular formula is C20H23N3O3. The van der Waals surface area contributed by atoms with Crippen LogP contribution in [-0.2, 0) is 22.6 Å². The second-order valence-electron chi connectivity index (χ2n) is 6.43. The lowest BCUT2D eigenvalue weighted by atomic mass is 10.0. The maximum absolute atomic E-state index is 12.2. The Hall–Kier alpha value is -2.89. The van der Waals surface area contributed by atoms with Gasteiger partial charge in [0.15, 0.2) is 0 Å². The number of nitrogens with zero attached hydrogens (tertiary/aromatic N) is 2. The lowest BCUT2D eigenvalue weighted by Crippen LogP contribution is -2.26. The van der Waals surface area contributed by atoms with Crippen molar-refractivity contribution >= 4 is 17.5 Å². The molecule has 6 nitrogen and oxygen atoms in total. The average molecular weight is 353 g/mol. The first kappa shape index (κ1) is 17.9. The zero-order valence-corrected chi connectivity index (χ0v) is 14.9. The number of aromatic nitrogens is 1. The number of rotatable bonds is 7. The first-order chi connectivity index (χ1) is 12.6. The van der Waals surface area contributed by atoms with Crippen LogP contribution in [0.5, 0.6) is 5.75 Å². The molecule has 6 heteroatoms. The van der Waals surface area contributed by atoms with Crippen molar-refractivity contribution in [1.82, 2.24) is 9.88 Å². The van der Waals surface area contributed by atoms with Gasteiger partial charge in [-0.2, -0.15) is 0 Å². The minimum Gasteiger partial charge on any atom is -0.494 e. The van der Waals surface area contributed by atoms with E-state index in [0.717, 1.165) is 29.0 Å². The maximum atomic E-state index is 12.2. The van der Waals surface area contributed by atoms with E-state index in [9.17, 15) is 9.59 Å². The van der Waals surface area contributed by atoms with Gasteiger partial charge in [-0.1, -0.05) is 6.07 Å². The van der Waals surface area contributed by atoms with Crippen LogP contribution in [-0.4, -0.2) is 35.4 Å². The fraction of sp³-hybridized carbons (Fsp3) is 0.350. The minimum absolute atomic E-state index is 0.0556. The Labute approximate surface area is 153 Å².